The van der Waals surface area contributed by atoms with Gasteiger partial charge in [0.15, 0.2) is 0 Å². The first kappa shape index (κ1) is 14.6. The number of hydrogen-bond donors (Lipinski definition) is 1. The first-order valence-electron chi connectivity index (χ1n) is 5.90. The van der Waals surface area contributed by atoms with Crippen molar-refractivity contribution in [2.45, 2.75) is 13.0 Å². The van der Waals surface area contributed by atoms with Gasteiger partial charge in [-0.2, -0.15) is 0 Å². The third-order valence-electron chi connectivity index (χ3n) is 2.75. The Morgan fingerprint density at radius 2 is 1.84 bits per heavy atom. The minimum Gasteiger partial charge on any atom is -0.312 e. The molecule has 0 fully saturated rings. The van der Waals surface area contributed by atoms with Gasteiger partial charge in [0, 0.05) is 29.5 Å². The Labute approximate surface area is 127 Å². The molecule has 0 aliphatic heterocycles. The van der Waals surface area contributed by atoms with Crippen molar-refractivity contribution < 1.29 is 0 Å². The molecule has 0 radical (unpaired) electrons. The lowest BCUT2D eigenvalue weighted by atomic mass is 10.2. The number of benzene rings is 1. The van der Waals surface area contributed by atoms with Crippen LogP contribution in [0.4, 0.5) is 0 Å². The van der Waals surface area contributed by atoms with E-state index in [0.29, 0.717) is 21.6 Å². The third-order valence-corrected chi connectivity index (χ3v) is 3.95. The lowest BCUT2D eigenvalue weighted by Crippen LogP contribution is -2.17. The highest BCUT2D eigenvalue weighted by Crippen LogP contribution is 2.31. The minimum absolute atomic E-state index is 0.517. The largest absolute Gasteiger partial charge is 0.312 e. The van der Waals surface area contributed by atoms with Crippen LogP contribution in [0.1, 0.15) is 11.1 Å². The average Bonchev–Trinajstić information content (AvgIpc) is 2.43. The van der Waals surface area contributed by atoms with Crippen LogP contribution in [0.5, 0.6) is 0 Å². The van der Waals surface area contributed by atoms with Gasteiger partial charge in [0.05, 0.1) is 10.0 Å². The molecule has 0 unspecified atom stereocenters. The number of halogens is 3. The molecule has 0 aliphatic rings. The zero-order valence-electron chi connectivity index (χ0n) is 10.2. The molecule has 1 N–H and O–H groups in total. The van der Waals surface area contributed by atoms with Crippen molar-refractivity contribution in [3.05, 3.63) is 62.9 Å². The molecule has 0 saturated carbocycles. The summed E-state index contributed by atoms with van der Waals surface area (Å²) in [5, 5.41) is 4.97. The average molecular weight is 316 g/mol. The molecule has 1 aromatic heterocycles. The van der Waals surface area contributed by atoms with Crippen LogP contribution in [-0.4, -0.2) is 11.5 Å². The molecule has 1 aromatic carbocycles. The fourth-order valence-corrected chi connectivity index (χ4v) is 2.40. The summed E-state index contributed by atoms with van der Waals surface area (Å²) in [6.45, 7) is 1.42. The number of nitrogens with zero attached hydrogens (tertiary/aromatic N) is 1. The van der Waals surface area contributed by atoms with Crippen LogP contribution < -0.4 is 5.32 Å². The molecule has 0 aliphatic carbocycles. The fourth-order valence-electron chi connectivity index (χ4n) is 1.72. The van der Waals surface area contributed by atoms with Gasteiger partial charge in [-0.3, -0.25) is 4.98 Å². The van der Waals surface area contributed by atoms with E-state index in [1.807, 2.05) is 18.3 Å². The van der Waals surface area contributed by atoms with E-state index in [1.165, 1.54) is 5.56 Å². The molecule has 1 heterocycles. The van der Waals surface area contributed by atoms with Gasteiger partial charge in [0.25, 0.3) is 0 Å². The summed E-state index contributed by atoms with van der Waals surface area (Å²) >= 11 is 18.2. The van der Waals surface area contributed by atoms with Crippen molar-refractivity contribution in [1.82, 2.24) is 10.3 Å². The summed E-state index contributed by atoms with van der Waals surface area (Å²) in [6, 6.07) is 7.44. The van der Waals surface area contributed by atoms with Crippen molar-refractivity contribution in [2.75, 3.05) is 6.54 Å². The van der Waals surface area contributed by atoms with Crippen LogP contribution in [0.3, 0.4) is 0 Å². The summed E-state index contributed by atoms with van der Waals surface area (Å²) in [6.07, 6.45) is 4.53. The Bertz CT molecular complexity index is 544. The Kier molecular flexibility index (Phi) is 5.46. The van der Waals surface area contributed by atoms with E-state index in [1.54, 1.807) is 18.3 Å². The van der Waals surface area contributed by atoms with Crippen molar-refractivity contribution in [3.8, 4) is 0 Å². The zero-order chi connectivity index (χ0) is 13.7. The molecule has 5 heteroatoms. The number of aromatic nitrogens is 1. The number of nitrogens with one attached hydrogen (secondary N) is 1. The molecule has 0 saturated heterocycles. The van der Waals surface area contributed by atoms with Crippen molar-refractivity contribution in [3.63, 3.8) is 0 Å². The summed E-state index contributed by atoms with van der Waals surface area (Å²) in [4.78, 5) is 4.07. The summed E-state index contributed by atoms with van der Waals surface area (Å²) in [5.74, 6) is 0. The molecular weight excluding hydrogens is 303 g/mol. The minimum atomic E-state index is 0.517. The van der Waals surface area contributed by atoms with Gasteiger partial charge in [-0.05, 0) is 36.7 Å². The van der Waals surface area contributed by atoms with E-state index in [4.69, 9.17) is 34.8 Å². The second kappa shape index (κ2) is 7.11. The lowest BCUT2D eigenvalue weighted by molar-refractivity contribution is 0.686. The highest BCUT2D eigenvalue weighted by Gasteiger charge is 2.08. The third kappa shape index (κ3) is 4.08. The molecule has 0 bridgehead atoms. The van der Waals surface area contributed by atoms with Crippen molar-refractivity contribution >= 4 is 34.8 Å². The van der Waals surface area contributed by atoms with Crippen molar-refractivity contribution in [2.24, 2.45) is 0 Å². The second-order valence-electron chi connectivity index (χ2n) is 4.11. The van der Waals surface area contributed by atoms with E-state index in [-0.39, 0.29) is 0 Å². The van der Waals surface area contributed by atoms with Gasteiger partial charge in [-0.25, -0.2) is 0 Å². The van der Waals surface area contributed by atoms with Crippen LogP contribution in [0.15, 0.2) is 36.7 Å². The maximum Gasteiger partial charge on any atom is 0.0652 e. The predicted octanol–water partition coefficient (Wildman–Crippen LogP) is 4.37. The van der Waals surface area contributed by atoms with E-state index < -0.39 is 0 Å². The first-order chi connectivity index (χ1) is 9.18. The normalized spacial score (nSPS) is 10.7. The molecule has 0 spiro atoms. The molecule has 2 aromatic rings. The van der Waals surface area contributed by atoms with Crippen LogP contribution in [0.25, 0.3) is 0 Å². The Hall–Kier alpha value is -0.800. The Morgan fingerprint density at radius 3 is 2.58 bits per heavy atom. The number of rotatable bonds is 5. The molecule has 2 rings (SSSR count). The standard InChI is InChI=1S/C14H13Cl3N2/c15-12-3-4-13(16)14(17)11(12)9-19-7-5-10-2-1-6-18-8-10/h1-4,6,8,19H,5,7,9H2. The van der Waals surface area contributed by atoms with Gasteiger partial charge >= 0.3 is 0 Å². The van der Waals surface area contributed by atoms with Crippen LogP contribution >= 0.6 is 34.8 Å². The number of pyridine rings is 1. The van der Waals surface area contributed by atoms with Crippen LogP contribution in [0, 0.1) is 0 Å². The highest BCUT2D eigenvalue weighted by atomic mass is 35.5. The maximum atomic E-state index is 6.13. The predicted molar refractivity (Wildman–Crippen MR) is 81.1 cm³/mol. The summed E-state index contributed by atoms with van der Waals surface area (Å²) in [5.41, 5.74) is 2.03. The van der Waals surface area contributed by atoms with Gasteiger partial charge < -0.3 is 5.32 Å². The molecule has 19 heavy (non-hydrogen) atoms. The first-order valence-corrected chi connectivity index (χ1v) is 7.04. The Balaban J connectivity index is 1.88. The molecular formula is C14H13Cl3N2. The van der Waals surface area contributed by atoms with Gasteiger partial charge in [-0.1, -0.05) is 40.9 Å². The zero-order valence-corrected chi connectivity index (χ0v) is 12.4. The van der Waals surface area contributed by atoms with E-state index in [2.05, 4.69) is 10.3 Å². The maximum absolute atomic E-state index is 6.13. The van der Waals surface area contributed by atoms with E-state index >= 15 is 0 Å². The van der Waals surface area contributed by atoms with Gasteiger partial charge in [-0.15, -0.1) is 0 Å². The lowest BCUT2D eigenvalue weighted by Gasteiger charge is -2.09. The second-order valence-corrected chi connectivity index (χ2v) is 5.30. The smallest absolute Gasteiger partial charge is 0.0652 e. The van der Waals surface area contributed by atoms with Gasteiger partial charge in [0.2, 0.25) is 0 Å². The molecule has 2 nitrogen and oxygen atoms in total. The summed E-state index contributed by atoms with van der Waals surface area (Å²) in [7, 11) is 0. The molecule has 0 amide bonds. The van der Waals surface area contributed by atoms with E-state index in [9.17, 15) is 0 Å². The SMILES string of the molecule is Clc1ccc(Cl)c(CNCCc2cccnc2)c1Cl. The van der Waals surface area contributed by atoms with Crippen LogP contribution in [0.2, 0.25) is 15.1 Å². The van der Waals surface area contributed by atoms with Crippen LogP contribution in [-0.2, 0) is 13.0 Å². The highest BCUT2D eigenvalue weighted by molar-refractivity contribution is 6.44. The van der Waals surface area contributed by atoms with Gasteiger partial charge in [0.1, 0.15) is 0 Å². The summed E-state index contributed by atoms with van der Waals surface area (Å²) < 4.78 is 0. The molecule has 0 atom stereocenters. The monoisotopic (exact) mass is 314 g/mol. The quantitative estimate of drug-likeness (QED) is 0.654. The number of hydrogen-bond acceptors (Lipinski definition) is 2. The van der Waals surface area contributed by atoms with Crippen molar-refractivity contribution in [1.29, 1.82) is 0 Å². The fraction of sp³-hybridized carbons (Fsp3) is 0.214. The van der Waals surface area contributed by atoms with E-state index in [0.717, 1.165) is 18.5 Å². The molecule has 100 valence electrons. The Morgan fingerprint density at radius 1 is 1.05 bits per heavy atom. The topological polar surface area (TPSA) is 24.9 Å².